The molecule has 2 aliphatic heterocycles. The molecule has 2 saturated heterocycles. The molecular formula is C34H37N3O5. The predicted octanol–water partition coefficient (Wildman–Crippen LogP) is 5.49. The van der Waals surface area contributed by atoms with E-state index in [1.54, 1.807) is 36.1 Å². The van der Waals surface area contributed by atoms with E-state index in [-0.39, 0.29) is 30.1 Å². The van der Waals surface area contributed by atoms with Gasteiger partial charge in [-0.1, -0.05) is 30.3 Å². The minimum Gasteiger partial charge on any atom is -0.462 e. The number of amides is 3. The van der Waals surface area contributed by atoms with Gasteiger partial charge in [-0.05, 0) is 92.6 Å². The Morgan fingerprint density at radius 1 is 0.881 bits per heavy atom. The molecule has 8 nitrogen and oxygen atoms in total. The van der Waals surface area contributed by atoms with E-state index in [1.165, 1.54) is 5.56 Å². The number of hydrogen-bond donors (Lipinski definition) is 1. The Morgan fingerprint density at radius 3 is 2.12 bits per heavy atom. The van der Waals surface area contributed by atoms with Gasteiger partial charge in [0.15, 0.2) is 0 Å². The number of aryl methyl sites for hydroxylation is 2. The van der Waals surface area contributed by atoms with Crippen LogP contribution in [0.2, 0.25) is 0 Å². The highest BCUT2D eigenvalue weighted by Crippen LogP contribution is 2.34. The second-order valence-electron chi connectivity index (χ2n) is 11.1. The van der Waals surface area contributed by atoms with Crippen LogP contribution >= 0.6 is 0 Å². The van der Waals surface area contributed by atoms with E-state index >= 15 is 0 Å². The topological polar surface area (TPSA) is 96.0 Å². The molecule has 8 heteroatoms. The normalized spacial score (nSPS) is 17.3. The van der Waals surface area contributed by atoms with E-state index in [0.717, 1.165) is 29.7 Å². The van der Waals surface area contributed by atoms with Gasteiger partial charge < -0.3 is 19.9 Å². The molecule has 0 spiro atoms. The van der Waals surface area contributed by atoms with Crippen LogP contribution in [0.5, 0.6) is 0 Å². The van der Waals surface area contributed by atoms with Crippen molar-refractivity contribution >= 4 is 35.1 Å². The van der Waals surface area contributed by atoms with Crippen LogP contribution in [0, 0.1) is 19.8 Å². The van der Waals surface area contributed by atoms with Crippen LogP contribution in [0.4, 0.5) is 11.4 Å². The molecule has 2 aliphatic rings. The molecule has 1 N–H and O–H groups in total. The number of anilines is 2. The molecule has 5 rings (SSSR count). The number of hydrogen-bond acceptors (Lipinski definition) is 5. The predicted molar refractivity (Wildman–Crippen MR) is 162 cm³/mol. The molecule has 3 aromatic carbocycles. The van der Waals surface area contributed by atoms with E-state index < -0.39 is 5.97 Å². The third kappa shape index (κ3) is 6.22. The Labute approximate surface area is 246 Å². The van der Waals surface area contributed by atoms with Gasteiger partial charge >= 0.3 is 5.97 Å². The van der Waals surface area contributed by atoms with Crippen molar-refractivity contribution in [2.45, 2.75) is 46.0 Å². The minimum atomic E-state index is -0.413. The average Bonchev–Trinajstić information content (AvgIpc) is 3.38. The first-order valence-electron chi connectivity index (χ1n) is 14.6. The summed E-state index contributed by atoms with van der Waals surface area (Å²) in [5.41, 5.74) is 5.75. The molecule has 0 radical (unpaired) electrons. The first-order chi connectivity index (χ1) is 20.2. The number of nitrogens with zero attached hydrogens (tertiary/aromatic N) is 2. The van der Waals surface area contributed by atoms with Crippen molar-refractivity contribution in [1.82, 2.24) is 4.90 Å². The summed E-state index contributed by atoms with van der Waals surface area (Å²) in [6.07, 6.45) is 1.96. The second-order valence-corrected chi connectivity index (χ2v) is 11.1. The highest BCUT2D eigenvalue weighted by atomic mass is 16.5. The smallest absolute Gasteiger partial charge is 0.338 e. The van der Waals surface area contributed by atoms with Gasteiger partial charge in [0.25, 0.3) is 5.91 Å². The van der Waals surface area contributed by atoms with Crippen LogP contribution in [0.1, 0.15) is 69.5 Å². The van der Waals surface area contributed by atoms with E-state index in [2.05, 4.69) is 5.32 Å². The number of ether oxygens (including phenoxy) is 1. The molecule has 3 aromatic rings. The molecule has 1 atom stereocenters. The van der Waals surface area contributed by atoms with Gasteiger partial charge in [-0.15, -0.1) is 0 Å². The molecule has 0 aliphatic carbocycles. The van der Waals surface area contributed by atoms with Crippen molar-refractivity contribution < 1.29 is 23.9 Å². The summed E-state index contributed by atoms with van der Waals surface area (Å²) in [6.45, 7) is 7.82. The molecular weight excluding hydrogens is 530 g/mol. The minimum absolute atomic E-state index is 0.0153. The molecule has 1 unspecified atom stereocenters. The van der Waals surface area contributed by atoms with Crippen LogP contribution in [-0.2, 0) is 14.3 Å². The van der Waals surface area contributed by atoms with Crippen LogP contribution in [-0.4, -0.2) is 54.8 Å². The van der Waals surface area contributed by atoms with E-state index in [1.807, 2.05) is 61.2 Å². The molecule has 0 aromatic heterocycles. The molecule has 0 saturated carbocycles. The van der Waals surface area contributed by atoms with Crippen LogP contribution in [0.15, 0.2) is 66.7 Å². The number of nitrogens with one attached hydrogen (secondary N) is 1. The van der Waals surface area contributed by atoms with Gasteiger partial charge in [-0.3, -0.25) is 14.4 Å². The molecule has 2 fully saturated rings. The highest BCUT2D eigenvalue weighted by Gasteiger charge is 2.39. The summed E-state index contributed by atoms with van der Waals surface area (Å²) in [5, 5.41) is 2.90. The van der Waals surface area contributed by atoms with Crippen molar-refractivity contribution in [3.05, 3.63) is 94.5 Å². The van der Waals surface area contributed by atoms with Gasteiger partial charge in [0.2, 0.25) is 11.8 Å². The fourth-order valence-corrected chi connectivity index (χ4v) is 6.03. The molecule has 3 amide bonds. The van der Waals surface area contributed by atoms with Crippen molar-refractivity contribution in [3.8, 4) is 0 Å². The van der Waals surface area contributed by atoms with Crippen molar-refractivity contribution in [2.75, 3.05) is 36.5 Å². The fraction of sp³-hybridized carbons (Fsp3) is 0.353. The summed E-state index contributed by atoms with van der Waals surface area (Å²) in [5.74, 6) is -0.566. The Morgan fingerprint density at radius 2 is 1.50 bits per heavy atom. The lowest BCUT2D eigenvalue weighted by Crippen LogP contribution is -2.42. The first-order valence-corrected chi connectivity index (χ1v) is 14.6. The van der Waals surface area contributed by atoms with E-state index in [9.17, 15) is 19.2 Å². The monoisotopic (exact) mass is 567 g/mol. The summed E-state index contributed by atoms with van der Waals surface area (Å²) in [7, 11) is 0. The largest absolute Gasteiger partial charge is 0.462 e. The highest BCUT2D eigenvalue weighted by molar-refractivity contribution is 6.05. The van der Waals surface area contributed by atoms with Crippen molar-refractivity contribution in [3.63, 3.8) is 0 Å². The van der Waals surface area contributed by atoms with Crippen LogP contribution < -0.4 is 10.2 Å². The van der Waals surface area contributed by atoms with Crippen LogP contribution in [0.3, 0.4) is 0 Å². The summed E-state index contributed by atoms with van der Waals surface area (Å²) in [6, 6.07) is 20.2. The number of benzene rings is 3. The number of rotatable bonds is 7. The Kier molecular flexibility index (Phi) is 8.71. The summed E-state index contributed by atoms with van der Waals surface area (Å²) in [4.78, 5) is 54.4. The third-order valence-electron chi connectivity index (χ3n) is 8.29. The van der Waals surface area contributed by atoms with Gasteiger partial charge in [0.05, 0.1) is 18.1 Å². The van der Waals surface area contributed by atoms with Gasteiger partial charge in [-0.2, -0.15) is 0 Å². The summed E-state index contributed by atoms with van der Waals surface area (Å²) >= 11 is 0. The Bertz CT molecular complexity index is 1450. The zero-order chi connectivity index (χ0) is 29.8. The Balaban J connectivity index is 1.13. The maximum absolute atomic E-state index is 13.4. The number of likely N-dealkylation sites (tertiary alicyclic amines) is 1. The van der Waals surface area contributed by atoms with Crippen molar-refractivity contribution in [2.24, 2.45) is 5.92 Å². The molecule has 42 heavy (non-hydrogen) atoms. The number of carbonyl (C=O) groups is 4. The van der Waals surface area contributed by atoms with Gasteiger partial charge in [0.1, 0.15) is 0 Å². The lowest BCUT2D eigenvalue weighted by molar-refractivity contribution is -0.136. The average molecular weight is 568 g/mol. The quantitative estimate of drug-likeness (QED) is 0.381. The van der Waals surface area contributed by atoms with Crippen LogP contribution in [0.25, 0.3) is 0 Å². The van der Waals surface area contributed by atoms with Gasteiger partial charge in [-0.25, -0.2) is 4.79 Å². The second kappa shape index (κ2) is 12.6. The van der Waals surface area contributed by atoms with Crippen molar-refractivity contribution in [1.29, 1.82) is 0 Å². The number of esters is 1. The van der Waals surface area contributed by atoms with E-state index in [0.29, 0.717) is 49.0 Å². The standard InChI is InChI=1S/C34H37N3O5/c1-4-42-34(41)27-10-8-26(9-11-27)32(39)35-29-14-12-24(13-15-29)25-16-18-36(19-17-25)33(40)28-20-30(38)37(21-28)31-22(2)6-5-7-23(31)3/h5-15,25,28H,4,16-21H2,1-3H3,(H,35,39). The maximum atomic E-state index is 13.4. The zero-order valence-corrected chi connectivity index (χ0v) is 24.4. The number of para-hydroxylation sites is 1. The SMILES string of the molecule is CCOC(=O)c1ccc(C(=O)Nc2ccc(C3CCN(C(=O)C4CC(=O)N(c5c(C)cccc5C)C4)CC3)cc2)cc1. The first kappa shape index (κ1) is 29.0. The molecule has 218 valence electrons. The summed E-state index contributed by atoms with van der Waals surface area (Å²) < 4.78 is 4.98. The zero-order valence-electron chi connectivity index (χ0n) is 24.4. The molecule has 0 bridgehead atoms. The lowest BCUT2D eigenvalue weighted by atomic mass is 9.89. The molecule has 2 heterocycles. The Hall–Kier alpha value is -4.46. The third-order valence-corrected chi connectivity index (χ3v) is 8.29. The lowest BCUT2D eigenvalue weighted by Gasteiger charge is -2.33. The maximum Gasteiger partial charge on any atom is 0.338 e. The number of carbonyl (C=O) groups excluding carboxylic acids is 4. The number of piperidine rings is 1. The van der Waals surface area contributed by atoms with E-state index in [4.69, 9.17) is 4.74 Å². The van der Waals surface area contributed by atoms with Gasteiger partial charge in [0, 0.05) is 43.0 Å². The fourth-order valence-electron chi connectivity index (χ4n) is 6.03.